The Morgan fingerprint density at radius 2 is 1.86 bits per heavy atom. The monoisotopic (exact) mass is 420 g/mol. The number of amides is 1. The molecular formula is C22H17ClN4OS. The number of allylic oxidation sites excluding steroid dienone is 2. The first-order chi connectivity index (χ1) is 14.1. The van der Waals surface area contributed by atoms with Crippen LogP contribution in [0.2, 0.25) is 5.02 Å². The number of nitriles is 2. The average Bonchev–Trinajstić information content (AvgIpc) is 2.72. The van der Waals surface area contributed by atoms with E-state index in [1.807, 2.05) is 30.3 Å². The summed E-state index contributed by atoms with van der Waals surface area (Å²) in [4.78, 5) is 13.2. The summed E-state index contributed by atoms with van der Waals surface area (Å²) in [5, 5.41) is 25.9. The number of rotatable bonds is 5. The second-order valence-corrected chi connectivity index (χ2v) is 7.63. The van der Waals surface area contributed by atoms with Gasteiger partial charge in [-0.3, -0.25) is 4.79 Å². The van der Waals surface area contributed by atoms with E-state index in [0.29, 0.717) is 38.1 Å². The van der Waals surface area contributed by atoms with E-state index in [-0.39, 0.29) is 11.7 Å². The maximum atomic E-state index is 13.2. The minimum atomic E-state index is -0.639. The van der Waals surface area contributed by atoms with Gasteiger partial charge in [-0.1, -0.05) is 59.8 Å². The lowest BCUT2D eigenvalue weighted by atomic mass is 9.82. The number of nitrogens with one attached hydrogen (secondary N) is 2. The Morgan fingerprint density at radius 3 is 2.52 bits per heavy atom. The van der Waals surface area contributed by atoms with Crippen molar-refractivity contribution in [2.75, 3.05) is 11.1 Å². The molecule has 1 unspecified atom stereocenters. The number of para-hydroxylation sites is 1. The second kappa shape index (κ2) is 9.34. The molecule has 0 aromatic heterocycles. The van der Waals surface area contributed by atoms with Crippen molar-refractivity contribution in [2.24, 2.45) is 0 Å². The lowest BCUT2D eigenvalue weighted by molar-refractivity contribution is -0.113. The highest BCUT2D eigenvalue weighted by Gasteiger charge is 2.35. The molecule has 1 amide bonds. The summed E-state index contributed by atoms with van der Waals surface area (Å²) in [6, 6.07) is 20.6. The van der Waals surface area contributed by atoms with Crippen LogP contribution in [0.5, 0.6) is 0 Å². The average molecular weight is 421 g/mol. The summed E-state index contributed by atoms with van der Waals surface area (Å²) in [5.74, 6) is -0.773. The Labute approximate surface area is 178 Å². The van der Waals surface area contributed by atoms with Gasteiger partial charge < -0.3 is 10.6 Å². The Kier molecular flexibility index (Phi) is 6.61. The molecule has 2 N–H and O–H groups in total. The zero-order chi connectivity index (χ0) is 20.8. The van der Waals surface area contributed by atoms with Crippen molar-refractivity contribution < 1.29 is 4.79 Å². The number of carbonyl (C=O) groups is 1. The third-order valence-corrected chi connectivity index (χ3v) is 5.65. The molecule has 0 fully saturated rings. The molecule has 2 aromatic carbocycles. The van der Waals surface area contributed by atoms with Gasteiger partial charge in [-0.05, 0) is 30.7 Å². The molecule has 0 bridgehead atoms. The number of benzene rings is 2. The number of anilines is 1. The summed E-state index contributed by atoms with van der Waals surface area (Å²) in [7, 11) is 0. The molecule has 1 heterocycles. The van der Waals surface area contributed by atoms with Crippen molar-refractivity contribution >= 4 is 35.0 Å². The zero-order valence-electron chi connectivity index (χ0n) is 15.6. The molecule has 1 aliphatic rings. The molecule has 5 nitrogen and oxygen atoms in total. The number of thioether (sulfide) groups is 1. The number of hydrogen-bond donors (Lipinski definition) is 2. The summed E-state index contributed by atoms with van der Waals surface area (Å²) in [6.07, 6.45) is 0. The lowest BCUT2D eigenvalue weighted by Gasteiger charge is -2.30. The molecule has 144 valence electrons. The van der Waals surface area contributed by atoms with Crippen LogP contribution in [0.1, 0.15) is 18.4 Å². The number of halogens is 1. The van der Waals surface area contributed by atoms with Gasteiger partial charge in [0.05, 0.1) is 34.4 Å². The molecule has 0 saturated carbocycles. The van der Waals surface area contributed by atoms with Crippen molar-refractivity contribution in [3.05, 3.63) is 87.1 Å². The van der Waals surface area contributed by atoms with E-state index in [0.717, 1.165) is 0 Å². The van der Waals surface area contributed by atoms with Crippen molar-refractivity contribution in [1.82, 2.24) is 5.32 Å². The maximum Gasteiger partial charge on any atom is 0.254 e. The zero-order valence-corrected chi connectivity index (χ0v) is 17.1. The summed E-state index contributed by atoms with van der Waals surface area (Å²) in [6.45, 7) is 1.78. The molecule has 0 spiro atoms. The topological polar surface area (TPSA) is 88.7 Å². The lowest BCUT2D eigenvalue weighted by Crippen LogP contribution is -2.30. The highest BCUT2D eigenvalue weighted by atomic mass is 35.5. The highest BCUT2D eigenvalue weighted by molar-refractivity contribution is 8.03. The maximum absolute atomic E-state index is 13.2. The van der Waals surface area contributed by atoms with Gasteiger partial charge in [0.25, 0.3) is 5.91 Å². The molecule has 7 heteroatoms. The second-order valence-electron chi connectivity index (χ2n) is 6.24. The van der Waals surface area contributed by atoms with Crippen LogP contribution in [0.25, 0.3) is 0 Å². The van der Waals surface area contributed by atoms with Crippen LogP contribution in [0.15, 0.2) is 76.5 Å². The van der Waals surface area contributed by atoms with Crippen LogP contribution in [-0.4, -0.2) is 11.7 Å². The number of hydrogen-bond acceptors (Lipinski definition) is 5. The molecule has 0 saturated heterocycles. The van der Waals surface area contributed by atoms with Crippen molar-refractivity contribution in [3.8, 4) is 12.1 Å². The van der Waals surface area contributed by atoms with Gasteiger partial charge in [-0.25, -0.2) is 0 Å². The molecule has 0 aliphatic carbocycles. The fourth-order valence-electron chi connectivity index (χ4n) is 3.17. The molecule has 1 aliphatic heterocycles. The summed E-state index contributed by atoms with van der Waals surface area (Å²) >= 11 is 7.68. The molecule has 29 heavy (non-hydrogen) atoms. The van der Waals surface area contributed by atoms with E-state index in [1.54, 1.807) is 31.2 Å². The number of dihydropyridines is 1. The largest absolute Gasteiger partial charge is 0.353 e. The number of carbonyl (C=O) groups excluding carboxylic acids is 1. The normalized spacial score (nSPS) is 15.9. The Bertz CT molecular complexity index is 1080. The van der Waals surface area contributed by atoms with Crippen LogP contribution in [0.4, 0.5) is 5.69 Å². The first-order valence-electron chi connectivity index (χ1n) is 8.79. The van der Waals surface area contributed by atoms with Gasteiger partial charge >= 0.3 is 0 Å². The van der Waals surface area contributed by atoms with Gasteiger partial charge in [0, 0.05) is 22.0 Å². The predicted octanol–water partition coefficient (Wildman–Crippen LogP) is 4.93. The van der Waals surface area contributed by atoms with E-state index in [2.05, 4.69) is 22.8 Å². The number of nitrogens with zero attached hydrogens (tertiary/aromatic N) is 2. The van der Waals surface area contributed by atoms with Gasteiger partial charge in [0.2, 0.25) is 0 Å². The van der Waals surface area contributed by atoms with Gasteiger partial charge in [-0.2, -0.15) is 10.5 Å². The third kappa shape index (κ3) is 4.46. The predicted molar refractivity (Wildman–Crippen MR) is 116 cm³/mol. The van der Waals surface area contributed by atoms with E-state index in [4.69, 9.17) is 16.9 Å². The SMILES string of the molecule is CC1=C(C(=O)Nc2ccccc2)C(c2ccccc2Cl)C(C#N)=C(SCC#N)N1. The minimum absolute atomic E-state index is 0.182. The van der Waals surface area contributed by atoms with E-state index in [9.17, 15) is 10.1 Å². The van der Waals surface area contributed by atoms with E-state index < -0.39 is 5.92 Å². The third-order valence-electron chi connectivity index (χ3n) is 4.42. The van der Waals surface area contributed by atoms with E-state index >= 15 is 0 Å². The standard InChI is InChI=1S/C22H17ClN4OS/c1-14-19(21(28)27-15-7-3-2-4-8-15)20(16-9-5-6-10-18(16)23)17(13-25)22(26-14)29-12-11-24/h2-10,20,26H,12H2,1H3,(H,27,28). The molecule has 1 atom stereocenters. The molecular weight excluding hydrogens is 404 g/mol. The van der Waals surface area contributed by atoms with Crippen LogP contribution in [0, 0.1) is 22.7 Å². The summed E-state index contributed by atoms with van der Waals surface area (Å²) in [5.41, 5.74) is 2.72. The van der Waals surface area contributed by atoms with Crippen LogP contribution >= 0.6 is 23.4 Å². The summed E-state index contributed by atoms with van der Waals surface area (Å²) < 4.78 is 0. The van der Waals surface area contributed by atoms with Gasteiger partial charge in [-0.15, -0.1) is 0 Å². The first kappa shape index (κ1) is 20.5. The van der Waals surface area contributed by atoms with Crippen LogP contribution in [0.3, 0.4) is 0 Å². The van der Waals surface area contributed by atoms with Gasteiger partial charge in [0.15, 0.2) is 0 Å². The first-order valence-corrected chi connectivity index (χ1v) is 10.2. The van der Waals surface area contributed by atoms with Crippen LogP contribution < -0.4 is 10.6 Å². The fourth-order valence-corrected chi connectivity index (χ4v) is 4.17. The Balaban J connectivity index is 2.10. The molecule has 0 radical (unpaired) electrons. The smallest absolute Gasteiger partial charge is 0.254 e. The van der Waals surface area contributed by atoms with Crippen LogP contribution in [-0.2, 0) is 4.79 Å². The molecule has 3 rings (SSSR count). The van der Waals surface area contributed by atoms with Gasteiger partial charge in [0.1, 0.15) is 0 Å². The Morgan fingerprint density at radius 1 is 1.17 bits per heavy atom. The highest BCUT2D eigenvalue weighted by Crippen LogP contribution is 2.43. The minimum Gasteiger partial charge on any atom is -0.353 e. The Hall–Kier alpha value is -3.19. The van der Waals surface area contributed by atoms with Crippen molar-refractivity contribution in [3.63, 3.8) is 0 Å². The van der Waals surface area contributed by atoms with Crippen molar-refractivity contribution in [2.45, 2.75) is 12.8 Å². The van der Waals surface area contributed by atoms with E-state index in [1.165, 1.54) is 11.8 Å². The van der Waals surface area contributed by atoms with Crippen molar-refractivity contribution in [1.29, 1.82) is 10.5 Å². The molecule has 2 aromatic rings. The quantitative estimate of drug-likeness (QED) is 0.715. The fraction of sp³-hybridized carbons (Fsp3) is 0.136.